The van der Waals surface area contributed by atoms with E-state index < -0.39 is 66.6 Å². The summed E-state index contributed by atoms with van der Waals surface area (Å²) in [6, 6.07) is 0. The highest BCUT2D eigenvalue weighted by atomic mass is 16.7. The quantitative estimate of drug-likeness (QED) is 0.439. The second-order valence-corrected chi connectivity index (χ2v) is 8.81. The first-order valence-corrected chi connectivity index (χ1v) is 9.25. The molecule has 5 N–H and O–H groups in total. The maximum atomic E-state index is 10.6. The van der Waals surface area contributed by atoms with Gasteiger partial charge in [-0.3, -0.25) is 0 Å². The molecular weight excluding hydrogens is 342 g/mol. The first-order valence-electron chi connectivity index (χ1n) is 9.25. The first-order chi connectivity index (χ1) is 11.9. The molecule has 0 radical (unpaired) electrons. The van der Waals surface area contributed by atoms with E-state index in [0.717, 1.165) is 0 Å². The summed E-state index contributed by atoms with van der Waals surface area (Å²) in [6.45, 7) is 9.09. The molecule has 2 heterocycles. The minimum Gasteiger partial charge on any atom is -0.394 e. The van der Waals surface area contributed by atoms with E-state index in [2.05, 4.69) is 5.32 Å². The predicted molar refractivity (Wildman–Crippen MR) is 94.5 cm³/mol. The SMILES string of the molecule is CNC1(C)CC(OC2C(O)C(O)C(CO)OC2C(C)(C)C)OC(C)C1O. The molecule has 2 saturated heterocycles. The van der Waals surface area contributed by atoms with Crippen molar-refractivity contribution in [1.82, 2.24) is 5.32 Å². The van der Waals surface area contributed by atoms with Crippen LogP contribution in [0.3, 0.4) is 0 Å². The van der Waals surface area contributed by atoms with Crippen molar-refractivity contribution in [3.63, 3.8) is 0 Å². The zero-order valence-electron chi connectivity index (χ0n) is 16.5. The molecular formula is C18H35NO7. The highest BCUT2D eigenvalue weighted by Crippen LogP contribution is 2.37. The van der Waals surface area contributed by atoms with Crippen LogP contribution in [0.15, 0.2) is 0 Å². The van der Waals surface area contributed by atoms with Crippen molar-refractivity contribution in [3.05, 3.63) is 0 Å². The molecule has 0 aromatic heterocycles. The fraction of sp³-hybridized carbons (Fsp3) is 1.00. The number of nitrogens with one attached hydrogen (secondary N) is 1. The summed E-state index contributed by atoms with van der Waals surface area (Å²) >= 11 is 0. The minimum absolute atomic E-state index is 0.370. The molecule has 0 aliphatic carbocycles. The third-order valence-electron chi connectivity index (χ3n) is 5.66. The Kier molecular flexibility index (Phi) is 6.73. The molecule has 0 spiro atoms. The Labute approximate surface area is 155 Å². The molecule has 8 heteroatoms. The molecule has 0 saturated carbocycles. The van der Waals surface area contributed by atoms with Gasteiger partial charge in [-0.1, -0.05) is 20.8 Å². The lowest BCUT2D eigenvalue weighted by molar-refractivity contribution is -0.319. The van der Waals surface area contributed by atoms with Crippen LogP contribution in [0.5, 0.6) is 0 Å². The van der Waals surface area contributed by atoms with Gasteiger partial charge in [0.2, 0.25) is 0 Å². The van der Waals surface area contributed by atoms with Gasteiger partial charge in [-0.05, 0) is 26.3 Å². The van der Waals surface area contributed by atoms with Crippen LogP contribution in [0.4, 0.5) is 0 Å². The summed E-state index contributed by atoms with van der Waals surface area (Å²) in [6.07, 6.45) is -6.22. The number of aliphatic hydroxyl groups is 4. The van der Waals surface area contributed by atoms with Crippen LogP contribution in [-0.4, -0.2) is 88.6 Å². The fourth-order valence-corrected chi connectivity index (χ4v) is 3.79. The summed E-state index contributed by atoms with van der Waals surface area (Å²) in [4.78, 5) is 0. The maximum Gasteiger partial charge on any atom is 0.160 e. The van der Waals surface area contributed by atoms with Crippen LogP contribution in [-0.2, 0) is 14.2 Å². The molecule has 9 unspecified atom stereocenters. The molecule has 154 valence electrons. The number of aliphatic hydroxyl groups excluding tert-OH is 4. The van der Waals surface area contributed by atoms with Gasteiger partial charge in [-0.2, -0.15) is 0 Å². The maximum absolute atomic E-state index is 10.6. The molecule has 2 aliphatic heterocycles. The largest absolute Gasteiger partial charge is 0.394 e. The van der Waals surface area contributed by atoms with Gasteiger partial charge in [0, 0.05) is 12.0 Å². The smallest absolute Gasteiger partial charge is 0.160 e. The van der Waals surface area contributed by atoms with Gasteiger partial charge in [0.25, 0.3) is 0 Å². The van der Waals surface area contributed by atoms with Crippen molar-refractivity contribution in [1.29, 1.82) is 0 Å². The molecule has 0 aromatic carbocycles. The average molecular weight is 377 g/mol. The van der Waals surface area contributed by atoms with Crippen LogP contribution in [0, 0.1) is 5.41 Å². The van der Waals surface area contributed by atoms with Gasteiger partial charge < -0.3 is 40.0 Å². The predicted octanol–water partition coefficient (Wildman–Crippen LogP) is -0.627. The number of ether oxygens (including phenoxy) is 3. The minimum atomic E-state index is -1.26. The monoisotopic (exact) mass is 377 g/mol. The zero-order valence-corrected chi connectivity index (χ0v) is 16.5. The van der Waals surface area contributed by atoms with Gasteiger partial charge in [0.15, 0.2) is 6.29 Å². The van der Waals surface area contributed by atoms with Crippen LogP contribution in [0.25, 0.3) is 0 Å². The van der Waals surface area contributed by atoms with Crippen LogP contribution < -0.4 is 5.32 Å². The van der Waals surface area contributed by atoms with Crippen LogP contribution >= 0.6 is 0 Å². The molecule has 26 heavy (non-hydrogen) atoms. The summed E-state index contributed by atoms with van der Waals surface area (Å²) < 4.78 is 17.7. The summed E-state index contributed by atoms with van der Waals surface area (Å²) in [5, 5.41) is 43.8. The summed E-state index contributed by atoms with van der Waals surface area (Å²) in [7, 11) is 1.77. The van der Waals surface area contributed by atoms with E-state index in [1.807, 2.05) is 27.7 Å². The van der Waals surface area contributed by atoms with Crippen molar-refractivity contribution < 1.29 is 34.6 Å². The number of hydrogen-bond acceptors (Lipinski definition) is 8. The Bertz CT molecular complexity index is 471. The van der Waals surface area contributed by atoms with Crippen molar-refractivity contribution in [2.24, 2.45) is 5.41 Å². The Morgan fingerprint density at radius 1 is 1.15 bits per heavy atom. The molecule has 8 nitrogen and oxygen atoms in total. The second-order valence-electron chi connectivity index (χ2n) is 8.81. The summed E-state index contributed by atoms with van der Waals surface area (Å²) in [5.74, 6) is 0. The summed E-state index contributed by atoms with van der Waals surface area (Å²) in [5.41, 5.74) is -1.00. The molecule has 0 aromatic rings. The number of hydrogen-bond donors (Lipinski definition) is 5. The Hall–Kier alpha value is -0.320. The van der Waals surface area contributed by atoms with E-state index in [1.165, 1.54) is 0 Å². The Morgan fingerprint density at radius 3 is 2.27 bits per heavy atom. The van der Waals surface area contributed by atoms with Crippen molar-refractivity contribution in [2.45, 2.75) is 95.6 Å². The van der Waals surface area contributed by atoms with Gasteiger partial charge in [-0.15, -0.1) is 0 Å². The fourth-order valence-electron chi connectivity index (χ4n) is 3.79. The van der Waals surface area contributed by atoms with Crippen LogP contribution in [0.2, 0.25) is 0 Å². The molecule has 0 bridgehead atoms. The lowest BCUT2D eigenvalue weighted by atomic mass is 9.80. The third kappa shape index (κ3) is 4.23. The second kappa shape index (κ2) is 7.97. The van der Waals surface area contributed by atoms with Crippen molar-refractivity contribution >= 4 is 0 Å². The average Bonchev–Trinajstić information content (AvgIpc) is 2.56. The molecule has 2 rings (SSSR count). The van der Waals surface area contributed by atoms with Crippen LogP contribution in [0.1, 0.15) is 41.0 Å². The van der Waals surface area contributed by atoms with E-state index in [9.17, 15) is 20.4 Å². The topological polar surface area (TPSA) is 121 Å². The third-order valence-corrected chi connectivity index (χ3v) is 5.66. The van der Waals surface area contributed by atoms with Gasteiger partial charge in [-0.25, -0.2) is 0 Å². The first kappa shape index (κ1) is 22.0. The molecule has 9 atom stereocenters. The molecule has 2 fully saturated rings. The molecule has 2 aliphatic rings. The van der Waals surface area contributed by atoms with E-state index in [0.29, 0.717) is 6.42 Å². The van der Waals surface area contributed by atoms with Gasteiger partial charge in [0.05, 0.1) is 24.9 Å². The van der Waals surface area contributed by atoms with Crippen molar-refractivity contribution in [2.75, 3.05) is 13.7 Å². The Morgan fingerprint density at radius 2 is 1.77 bits per heavy atom. The van der Waals surface area contributed by atoms with Gasteiger partial charge >= 0.3 is 0 Å². The standard InChI is InChI=1S/C18H35NO7/c1-9-15(23)18(5,19-6)7-11(24-9)26-14-13(22)12(21)10(8-20)25-16(14)17(2,3)4/h9-16,19-23H,7-8H2,1-6H3. The van der Waals surface area contributed by atoms with E-state index in [4.69, 9.17) is 14.2 Å². The van der Waals surface area contributed by atoms with E-state index in [-0.39, 0.29) is 0 Å². The number of likely N-dealkylation sites (N-methyl/N-ethyl adjacent to an activating group) is 1. The normalized spacial score (nSPS) is 47.8. The highest BCUT2D eigenvalue weighted by Gasteiger charge is 2.52. The van der Waals surface area contributed by atoms with Gasteiger partial charge in [0.1, 0.15) is 24.4 Å². The lowest BCUT2D eigenvalue weighted by Crippen LogP contribution is -2.65. The van der Waals surface area contributed by atoms with E-state index in [1.54, 1.807) is 14.0 Å². The van der Waals surface area contributed by atoms with E-state index >= 15 is 0 Å². The zero-order chi connectivity index (χ0) is 19.9. The highest BCUT2D eigenvalue weighted by molar-refractivity contribution is 5.00. The van der Waals surface area contributed by atoms with Crippen molar-refractivity contribution in [3.8, 4) is 0 Å². The lowest BCUT2D eigenvalue weighted by Gasteiger charge is -2.50. The Balaban J connectivity index is 2.21. The number of rotatable bonds is 4. The molecule has 0 amide bonds.